The van der Waals surface area contributed by atoms with Crippen LogP contribution in [0.3, 0.4) is 0 Å². The maximum absolute atomic E-state index is 13.7. The molecule has 1 heterocycles. The number of ketones is 1. The van der Waals surface area contributed by atoms with Crippen LogP contribution in [-0.2, 0) is 0 Å². The Balaban J connectivity index is 2.00. The second kappa shape index (κ2) is 5.85. The normalized spacial score (nSPS) is 15.5. The van der Waals surface area contributed by atoms with Crippen LogP contribution in [0.5, 0.6) is 5.75 Å². The Morgan fingerprint density at radius 2 is 2.09 bits per heavy atom. The predicted octanol–water partition coefficient (Wildman–Crippen LogP) is 3.81. The smallest absolute Gasteiger partial charge is 0.311 e. The van der Waals surface area contributed by atoms with Crippen LogP contribution in [0.1, 0.15) is 15.9 Å². The van der Waals surface area contributed by atoms with Crippen molar-refractivity contribution in [3.63, 3.8) is 0 Å². The monoisotopic (exact) mass is 331 g/mol. The molecule has 2 aromatic carbocycles. The quantitative estimate of drug-likeness (QED) is 0.514. The number of fused-ring (bicyclic) bond motifs is 1. The number of phenols is 1. The third-order valence-electron chi connectivity index (χ3n) is 3.41. The van der Waals surface area contributed by atoms with Gasteiger partial charge in [-0.15, -0.1) is 11.8 Å². The van der Waals surface area contributed by atoms with Gasteiger partial charge < -0.3 is 5.11 Å². The summed E-state index contributed by atoms with van der Waals surface area (Å²) in [6, 6.07) is 8.21. The van der Waals surface area contributed by atoms with E-state index >= 15 is 0 Å². The number of rotatable bonds is 2. The molecule has 0 aromatic heterocycles. The molecule has 2 aromatic rings. The molecule has 0 aliphatic carbocycles. The molecular formula is C16H10FNO4S. The van der Waals surface area contributed by atoms with Crippen molar-refractivity contribution < 1.29 is 19.2 Å². The van der Waals surface area contributed by atoms with Gasteiger partial charge in [0.15, 0.2) is 11.5 Å². The molecule has 23 heavy (non-hydrogen) atoms. The first kappa shape index (κ1) is 15.2. The number of halogens is 1. The Kier molecular flexibility index (Phi) is 3.87. The minimum atomic E-state index is -0.695. The zero-order valence-electron chi connectivity index (χ0n) is 11.7. The van der Waals surface area contributed by atoms with Crippen molar-refractivity contribution >= 4 is 29.3 Å². The molecule has 0 fully saturated rings. The van der Waals surface area contributed by atoms with Crippen molar-refractivity contribution in [1.82, 2.24) is 0 Å². The number of nitro benzene ring substituents is 1. The summed E-state index contributed by atoms with van der Waals surface area (Å²) in [7, 11) is 0. The van der Waals surface area contributed by atoms with Gasteiger partial charge in [0.05, 0.1) is 9.82 Å². The van der Waals surface area contributed by atoms with Gasteiger partial charge in [0.2, 0.25) is 0 Å². The first-order chi connectivity index (χ1) is 11.0. The lowest BCUT2D eigenvalue weighted by atomic mass is 10.0. The maximum atomic E-state index is 13.7. The van der Waals surface area contributed by atoms with Gasteiger partial charge in [-0.2, -0.15) is 0 Å². The van der Waals surface area contributed by atoms with E-state index in [-0.39, 0.29) is 11.5 Å². The Morgan fingerprint density at radius 3 is 2.83 bits per heavy atom. The fourth-order valence-electron chi connectivity index (χ4n) is 2.31. The molecule has 0 radical (unpaired) electrons. The summed E-state index contributed by atoms with van der Waals surface area (Å²) in [6.45, 7) is 0. The average Bonchev–Trinajstić information content (AvgIpc) is 2.52. The van der Waals surface area contributed by atoms with Gasteiger partial charge in [0, 0.05) is 23.0 Å². The molecule has 0 atom stereocenters. The highest BCUT2D eigenvalue weighted by Gasteiger charge is 2.25. The third kappa shape index (κ3) is 2.83. The zero-order valence-corrected chi connectivity index (χ0v) is 12.5. The lowest BCUT2D eigenvalue weighted by Gasteiger charge is -2.17. The first-order valence-corrected chi connectivity index (χ1v) is 7.60. The minimum Gasteiger partial charge on any atom is -0.502 e. The van der Waals surface area contributed by atoms with E-state index in [4.69, 9.17) is 0 Å². The van der Waals surface area contributed by atoms with Crippen LogP contribution in [0.2, 0.25) is 0 Å². The molecule has 5 nitrogen and oxygen atoms in total. The van der Waals surface area contributed by atoms with Crippen molar-refractivity contribution in [2.45, 2.75) is 4.90 Å². The summed E-state index contributed by atoms with van der Waals surface area (Å²) in [5, 5.41) is 20.3. The van der Waals surface area contributed by atoms with Gasteiger partial charge in [-0.3, -0.25) is 14.9 Å². The lowest BCUT2D eigenvalue weighted by Crippen LogP contribution is -2.13. The number of hydrogen-bond acceptors (Lipinski definition) is 5. The molecule has 0 saturated carbocycles. The second-order valence-electron chi connectivity index (χ2n) is 4.91. The number of thioether (sulfide) groups is 1. The number of nitro groups is 1. The van der Waals surface area contributed by atoms with Crippen molar-refractivity contribution in [2.24, 2.45) is 0 Å². The van der Waals surface area contributed by atoms with Gasteiger partial charge in [0.1, 0.15) is 5.82 Å². The van der Waals surface area contributed by atoms with Gasteiger partial charge in [-0.25, -0.2) is 4.39 Å². The molecule has 3 rings (SSSR count). The average molecular weight is 331 g/mol. The summed E-state index contributed by atoms with van der Waals surface area (Å²) in [5.41, 5.74) is 0.717. The number of Topliss-reactive ketones (excluding diaryl/α,β-unsaturated/α-hetero) is 1. The molecule has 0 amide bonds. The van der Waals surface area contributed by atoms with Crippen LogP contribution in [0.15, 0.2) is 46.9 Å². The number of carbonyl (C=O) groups is 1. The van der Waals surface area contributed by atoms with Crippen LogP contribution in [-0.4, -0.2) is 21.6 Å². The molecular weight excluding hydrogens is 321 g/mol. The van der Waals surface area contributed by atoms with E-state index in [0.29, 0.717) is 21.6 Å². The summed E-state index contributed by atoms with van der Waals surface area (Å²) >= 11 is 1.21. The van der Waals surface area contributed by atoms with E-state index in [1.54, 1.807) is 6.07 Å². The largest absolute Gasteiger partial charge is 0.502 e. The van der Waals surface area contributed by atoms with Crippen LogP contribution in [0.4, 0.5) is 10.1 Å². The number of hydrogen-bond donors (Lipinski definition) is 1. The fourth-order valence-corrected chi connectivity index (χ4v) is 3.34. The number of phenolic OH excluding ortho intramolecular Hbond substituents is 1. The van der Waals surface area contributed by atoms with E-state index in [0.717, 1.165) is 0 Å². The van der Waals surface area contributed by atoms with Crippen LogP contribution >= 0.6 is 11.8 Å². The van der Waals surface area contributed by atoms with E-state index in [2.05, 4.69) is 0 Å². The molecule has 0 spiro atoms. The highest BCUT2D eigenvalue weighted by molar-refractivity contribution is 7.99. The highest BCUT2D eigenvalue weighted by Crippen LogP contribution is 2.36. The fraction of sp³-hybridized carbons (Fsp3) is 0.0625. The molecule has 116 valence electrons. The van der Waals surface area contributed by atoms with Crippen LogP contribution in [0, 0.1) is 15.9 Å². The Bertz CT molecular complexity index is 863. The molecule has 1 N–H and O–H groups in total. The first-order valence-electron chi connectivity index (χ1n) is 6.61. The number of benzene rings is 2. The van der Waals surface area contributed by atoms with Gasteiger partial charge in [0.25, 0.3) is 0 Å². The SMILES string of the molecule is O=C1C(=Cc2ccc(O)c([N+](=O)[O-])c2)CSc2c(F)cccc21. The predicted molar refractivity (Wildman–Crippen MR) is 84.2 cm³/mol. The van der Waals surface area contributed by atoms with E-state index in [1.165, 1.54) is 48.2 Å². The zero-order chi connectivity index (χ0) is 16.6. The number of carbonyl (C=O) groups excluding carboxylic acids is 1. The van der Waals surface area contributed by atoms with E-state index < -0.39 is 22.2 Å². The van der Waals surface area contributed by atoms with E-state index in [1.807, 2.05) is 0 Å². The van der Waals surface area contributed by atoms with E-state index in [9.17, 15) is 24.4 Å². The van der Waals surface area contributed by atoms with Crippen molar-refractivity contribution in [3.8, 4) is 5.75 Å². The van der Waals surface area contributed by atoms with Gasteiger partial charge >= 0.3 is 5.69 Å². The topological polar surface area (TPSA) is 80.4 Å². The van der Waals surface area contributed by atoms with Gasteiger partial charge in [-0.1, -0.05) is 12.1 Å². The summed E-state index contributed by atoms with van der Waals surface area (Å²) in [5.74, 6) is -0.885. The second-order valence-corrected chi connectivity index (χ2v) is 5.89. The standard InChI is InChI=1S/C16H10FNO4S/c17-12-3-1-2-11-15(20)10(8-23-16(11)12)6-9-4-5-14(19)13(7-9)18(21)22/h1-7,19H,8H2. The minimum absolute atomic E-state index is 0.279. The molecule has 0 saturated heterocycles. The van der Waals surface area contributed by atoms with Crippen LogP contribution < -0.4 is 0 Å². The summed E-state index contributed by atoms with van der Waals surface area (Å²) < 4.78 is 13.7. The Hall–Kier alpha value is -2.67. The number of aromatic hydroxyl groups is 1. The highest BCUT2D eigenvalue weighted by atomic mass is 32.2. The molecule has 0 bridgehead atoms. The summed E-state index contributed by atoms with van der Waals surface area (Å²) in [4.78, 5) is 22.9. The lowest BCUT2D eigenvalue weighted by molar-refractivity contribution is -0.385. The van der Waals surface area contributed by atoms with Crippen molar-refractivity contribution in [2.75, 3.05) is 5.75 Å². The Morgan fingerprint density at radius 1 is 1.30 bits per heavy atom. The number of nitrogens with zero attached hydrogens (tertiary/aromatic N) is 1. The molecule has 0 unspecified atom stereocenters. The molecule has 1 aliphatic rings. The summed E-state index contributed by atoms with van der Waals surface area (Å²) in [6.07, 6.45) is 1.52. The molecule has 7 heteroatoms. The molecule has 1 aliphatic heterocycles. The van der Waals surface area contributed by atoms with Crippen molar-refractivity contribution in [3.05, 3.63) is 69.0 Å². The third-order valence-corrected chi connectivity index (χ3v) is 4.57. The maximum Gasteiger partial charge on any atom is 0.311 e. The van der Waals surface area contributed by atoms with Crippen molar-refractivity contribution in [1.29, 1.82) is 0 Å². The van der Waals surface area contributed by atoms with Gasteiger partial charge in [-0.05, 0) is 29.8 Å². The van der Waals surface area contributed by atoms with Crippen LogP contribution in [0.25, 0.3) is 6.08 Å². The Labute approximate surface area is 134 Å².